The predicted molar refractivity (Wildman–Crippen MR) is 113 cm³/mol. The van der Waals surface area contributed by atoms with E-state index < -0.39 is 0 Å². The van der Waals surface area contributed by atoms with Crippen LogP contribution in [0, 0.1) is 13.8 Å². The van der Waals surface area contributed by atoms with Gasteiger partial charge in [-0.1, -0.05) is 23.7 Å². The van der Waals surface area contributed by atoms with Crippen molar-refractivity contribution in [2.45, 2.75) is 38.8 Å². The van der Waals surface area contributed by atoms with Crippen LogP contribution in [0.2, 0.25) is 5.02 Å². The number of hydrogen-bond acceptors (Lipinski definition) is 3. The summed E-state index contributed by atoms with van der Waals surface area (Å²) in [4.78, 5) is 10.0. The maximum Gasteiger partial charge on any atom is 0.191 e. The normalized spacial score (nSPS) is 19.6. The van der Waals surface area contributed by atoms with E-state index in [0.717, 1.165) is 34.6 Å². The van der Waals surface area contributed by atoms with Crippen molar-refractivity contribution < 1.29 is 0 Å². The zero-order chi connectivity index (χ0) is 16.4. The molecular formula is C17H22ClIN4S. The molecule has 0 spiro atoms. The molecule has 0 radical (unpaired) electrons. The minimum absolute atomic E-state index is 0. The van der Waals surface area contributed by atoms with Gasteiger partial charge >= 0.3 is 0 Å². The van der Waals surface area contributed by atoms with Crippen LogP contribution in [0.15, 0.2) is 29.3 Å². The van der Waals surface area contributed by atoms with Crippen molar-refractivity contribution in [2.24, 2.45) is 4.99 Å². The summed E-state index contributed by atoms with van der Waals surface area (Å²) in [6, 6.07) is 8.53. The molecule has 1 saturated carbocycles. The largest absolute Gasteiger partial charge is 0.353 e. The smallest absolute Gasteiger partial charge is 0.191 e. The van der Waals surface area contributed by atoms with Gasteiger partial charge in [-0.25, -0.2) is 4.98 Å². The van der Waals surface area contributed by atoms with E-state index in [4.69, 9.17) is 11.6 Å². The Bertz CT molecular complexity index is 731. The van der Waals surface area contributed by atoms with Crippen molar-refractivity contribution in [3.8, 4) is 0 Å². The lowest BCUT2D eigenvalue weighted by molar-refractivity contribution is 0.792. The average molecular weight is 477 g/mol. The van der Waals surface area contributed by atoms with E-state index >= 15 is 0 Å². The van der Waals surface area contributed by atoms with E-state index in [0.29, 0.717) is 12.0 Å². The second-order valence-corrected chi connectivity index (χ2v) is 7.54. The summed E-state index contributed by atoms with van der Waals surface area (Å²) in [7, 11) is 1.80. The number of hydrogen-bond donors (Lipinski definition) is 2. The van der Waals surface area contributed by atoms with Gasteiger partial charge in [0.2, 0.25) is 0 Å². The highest BCUT2D eigenvalue weighted by atomic mass is 127. The number of aryl methyl sites for hydroxylation is 2. The second kappa shape index (κ2) is 8.49. The third-order valence-electron chi connectivity index (χ3n) is 4.03. The molecule has 2 aromatic rings. The van der Waals surface area contributed by atoms with Crippen LogP contribution in [0.25, 0.3) is 0 Å². The lowest BCUT2D eigenvalue weighted by Gasteiger charge is -2.11. The first-order chi connectivity index (χ1) is 11.1. The lowest BCUT2D eigenvalue weighted by atomic mass is 10.1. The molecule has 1 aromatic carbocycles. The Kier molecular flexibility index (Phi) is 6.88. The Morgan fingerprint density at radius 2 is 2.21 bits per heavy atom. The molecule has 1 aromatic heterocycles. The van der Waals surface area contributed by atoms with E-state index in [1.807, 2.05) is 32.0 Å². The van der Waals surface area contributed by atoms with E-state index in [9.17, 15) is 0 Å². The lowest BCUT2D eigenvalue weighted by Crippen LogP contribution is -2.38. The van der Waals surface area contributed by atoms with Crippen LogP contribution in [0.4, 0.5) is 0 Å². The Morgan fingerprint density at radius 3 is 2.83 bits per heavy atom. The number of aromatic nitrogens is 1. The Balaban J connectivity index is 0.00000208. The number of nitrogens with one attached hydrogen (secondary N) is 2. The van der Waals surface area contributed by atoms with Crippen molar-refractivity contribution in [1.82, 2.24) is 15.6 Å². The molecule has 1 fully saturated rings. The topological polar surface area (TPSA) is 49.3 Å². The quantitative estimate of drug-likeness (QED) is 0.394. The van der Waals surface area contributed by atoms with Gasteiger partial charge in [0.05, 0.1) is 17.2 Å². The molecule has 2 unspecified atom stereocenters. The van der Waals surface area contributed by atoms with Gasteiger partial charge in [0.1, 0.15) is 0 Å². The van der Waals surface area contributed by atoms with Crippen LogP contribution in [-0.2, 0) is 6.54 Å². The summed E-state index contributed by atoms with van der Waals surface area (Å²) in [6.07, 6.45) is 1.11. The summed E-state index contributed by atoms with van der Waals surface area (Å²) < 4.78 is 0. The molecule has 2 atom stereocenters. The zero-order valence-corrected chi connectivity index (χ0v) is 17.9. The highest BCUT2D eigenvalue weighted by molar-refractivity contribution is 14.0. The van der Waals surface area contributed by atoms with Gasteiger partial charge in [0, 0.05) is 28.9 Å². The van der Waals surface area contributed by atoms with Crippen LogP contribution in [0.3, 0.4) is 0 Å². The first kappa shape index (κ1) is 19.5. The summed E-state index contributed by atoms with van der Waals surface area (Å²) >= 11 is 7.80. The molecule has 7 heteroatoms. The first-order valence-electron chi connectivity index (χ1n) is 7.72. The fourth-order valence-corrected chi connectivity index (χ4v) is 3.81. The van der Waals surface area contributed by atoms with E-state index in [1.165, 1.54) is 10.4 Å². The molecule has 0 amide bonds. The summed E-state index contributed by atoms with van der Waals surface area (Å²) in [5.74, 6) is 1.35. The molecule has 0 bridgehead atoms. The minimum Gasteiger partial charge on any atom is -0.353 e. The van der Waals surface area contributed by atoms with Gasteiger partial charge in [0.15, 0.2) is 5.96 Å². The van der Waals surface area contributed by atoms with E-state index in [1.54, 1.807) is 18.4 Å². The van der Waals surface area contributed by atoms with Gasteiger partial charge in [0.25, 0.3) is 0 Å². The van der Waals surface area contributed by atoms with Crippen LogP contribution >= 0.6 is 46.9 Å². The molecule has 3 rings (SSSR count). The Morgan fingerprint density at radius 1 is 1.42 bits per heavy atom. The van der Waals surface area contributed by atoms with Gasteiger partial charge < -0.3 is 10.6 Å². The number of nitrogens with zero attached hydrogens (tertiary/aromatic N) is 2. The van der Waals surface area contributed by atoms with Crippen molar-refractivity contribution in [2.75, 3.05) is 7.05 Å². The van der Waals surface area contributed by atoms with Gasteiger partial charge in [-0.2, -0.15) is 0 Å². The van der Waals surface area contributed by atoms with E-state index in [-0.39, 0.29) is 24.0 Å². The second-order valence-electron chi connectivity index (χ2n) is 5.82. The molecule has 130 valence electrons. The Labute approximate surface area is 169 Å². The maximum atomic E-state index is 6.07. The van der Waals surface area contributed by atoms with Crippen molar-refractivity contribution >= 4 is 52.9 Å². The van der Waals surface area contributed by atoms with Crippen molar-refractivity contribution in [3.63, 3.8) is 0 Å². The molecule has 1 aliphatic carbocycles. The maximum absolute atomic E-state index is 6.07. The zero-order valence-electron chi connectivity index (χ0n) is 14.0. The SMILES string of the molecule is CN=C(NCc1sc(C)nc1C)NC1CC1c1cccc(Cl)c1.I. The minimum atomic E-state index is 0. The third-order valence-corrected chi connectivity index (χ3v) is 5.34. The standard InChI is InChI=1S/C17H21ClN4S.HI/c1-10-16(23-11(2)21-10)9-20-17(19-3)22-15-8-14(15)12-5-4-6-13(18)7-12;/h4-7,14-15H,8-9H2,1-3H3,(H2,19,20,22);1H. The number of thiazole rings is 1. The molecule has 24 heavy (non-hydrogen) atoms. The number of rotatable bonds is 4. The fourth-order valence-electron chi connectivity index (χ4n) is 2.73. The molecule has 0 aliphatic heterocycles. The molecule has 4 nitrogen and oxygen atoms in total. The first-order valence-corrected chi connectivity index (χ1v) is 8.92. The highest BCUT2D eigenvalue weighted by Crippen LogP contribution is 2.41. The average Bonchev–Trinajstić information content (AvgIpc) is 3.21. The van der Waals surface area contributed by atoms with Crippen LogP contribution < -0.4 is 10.6 Å². The van der Waals surface area contributed by atoms with Crippen molar-refractivity contribution in [3.05, 3.63) is 50.4 Å². The van der Waals surface area contributed by atoms with Gasteiger partial charge in [-0.15, -0.1) is 35.3 Å². The fraction of sp³-hybridized carbons (Fsp3) is 0.412. The van der Waals surface area contributed by atoms with Crippen LogP contribution in [0.5, 0.6) is 0 Å². The third kappa shape index (κ3) is 4.83. The molecule has 1 heterocycles. The molecule has 1 aliphatic rings. The Hall–Kier alpha value is -0.860. The summed E-state index contributed by atoms with van der Waals surface area (Å²) in [5.41, 5.74) is 2.39. The molecule has 2 N–H and O–H groups in total. The number of aliphatic imine (C=N–C) groups is 1. The number of halogens is 2. The molecular weight excluding hydrogens is 455 g/mol. The van der Waals surface area contributed by atoms with E-state index in [2.05, 4.69) is 26.7 Å². The number of guanidine groups is 1. The summed E-state index contributed by atoms with van der Waals surface area (Å²) in [6.45, 7) is 4.84. The highest BCUT2D eigenvalue weighted by Gasteiger charge is 2.39. The van der Waals surface area contributed by atoms with Gasteiger partial charge in [-0.05, 0) is 38.0 Å². The van der Waals surface area contributed by atoms with Crippen LogP contribution in [0.1, 0.15) is 33.5 Å². The predicted octanol–water partition coefficient (Wildman–Crippen LogP) is 4.25. The number of benzene rings is 1. The van der Waals surface area contributed by atoms with Crippen molar-refractivity contribution in [1.29, 1.82) is 0 Å². The monoisotopic (exact) mass is 476 g/mol. The summed E-state index contributed by atoms with van der Waals surface area (Å²) in [5, 5.41) is 8.76. The molecule has 0 saturated heterocycles. The van der Waals surface area contributed by atoms with Crippen LogP contribution in [-0.4, -0.2) is 24.0 Å². The van der Waals surface area contributed by atoms with Gasteiger partial charge in [-0.3, -0.25) is 4.99 Å².